The number of carbonyl (C=O) groups is 1. The molecule has 25 heavy (non-hydrogen) atoms. The van der Waals surface area contributed by atoms with E-state index in [4.69, 9.17) is 11.6 Å². The van der Waals surface area contributed by atoms with Crippen molar-refractivity contribution in [3.8, 4) is 0 Å². The van der Waals surface area contributed by atoms with E-state index >= 15 is 0 Å². The van der Waals surface area contributed by atoms with E-state index in [2.05, 4.69) is 34.9 Å². The third-order valence-electron chi connectivity index (χ3n) is 6.07. The van der Waals surface area contributed by atoms with E-state index in [1.807, 2.05) is 6.20 Å². The topological polar surface area (TPSA) is 46.9 Å². The number of benzene rings is 1. The number of carbonyl (C=O) groups excluding carboxylic acids is 1. The predicted octanol–water partition coefficient (Wildman–Crippen LogP) is 4.25. The fraction of sp³-hybridized carbons (Fsp3) is 0.500. The summed E-state index contributed by atoms with van der Waals surface area (Å²) in [6, 6.07) is 7.95. The number of aryl methyl sites for hydroxylation is 1. The molecular formula is C20H24ClN3O. The van der Waals surface area contributed by atoms with E-state index in [0.29, 0.717) is 22.5 Å². The molecule has 1 heterocycles. The molecule has 0 aliphatic heterocycles. The lowest BCUT2D eigenvalue weighted by Gasteiger charge is -2.22. The SMILES string of the molecule is CCC(NC(=O)c1ccc(Cl)cc1)C1[C@H]2CC(n3ccnc3C)C[C@@H]12. The molecule has 2 aliphatic rings. The van der Waals surface area contributed by atoms with Crippen molar-refractivity contribution in [1.29, 1.82) is 0 Å². The van der Waals surface area contributed by atoms with E-state index in [1.165, 1.54) is 12.8 Å². The number of amides is 1. The first kappa shape index (κ1) is 16.6. The monoisotopic (exact) mass is 357 g/mol. The highest BCUT2D eigenvalue weighted by Gasteiger charge is 2.59. The zero-order valence-electron chi connectivity index (χ0n) is 14.7. The molecule has 5 atom stereocenters. The largest absolute Gasteiger partial charge is 0.349 e. The first-order chi connectivity index (χ1) is 12.1. The van der Waals surface area contributed by atoms with Crippen LogP contribution in [0.4, 0.5) is 0 Å². The van der Waals surface area contributed by atoms with Crippen LogP contribution in [0.1, 0.15) is 48.4 Å². The standard InChI is InChI=1S/C20H24ClN3O/c1-3-18(23-20(25)13-4-6-14(21)7-5-13)19-16-10-15(11-17(16)19)24-9-8-22-12(24)2/h4-9,15-19H,3,10-11H2,1-2H3,(H,23,25)/t15?,16-,17+,18?,19?. The van der Waals surface area contributed by atoms with Gasteiger partial charge in [-0.05, 0) is 68.2 Å². The first-order valence-electron chi connectivity index (χ1n) is 9.14. The minimum absolute atomic E-state index is 0.00972. The molecule has 0 radical (unpaired) electrons. The number of fused-ring (bicyclic) bond motifs is 1. The molecule has 2 aliphatic carbocycles. The van der Waals surface area contributed by atoms with Crippen LogP contribution in [0, 0.1) is 24.7 Å². The van der Waals surface area contributed by atoms with Gasteiger partial charge >= 0.3 is 0 Å². The minimum atomic E-state index is 0.00972. The van der Waals surface area contributed by atoms with Crippen molar-refractivity contribution in [2.75, 3.05) is 0 Å². The number of aromatic nitrogens is 2. The molecule has 2 aromatic rings. The van der Waals surface area contributed by atoms with Gasteiger partial charge in [0.25, 0.3) is 5.91 Å². The molecule has 0 spiro atoms. The van der Waals surface area contributed by atoms with Crippen LogP contribution in [-0.2, 0) is 0 Å². The Morgan fingerprint density at radius 1 is 1.32 bits per heavy atom. The van der Waals surface area contributed by atoms with Crippen LogP contribution in [0.15, 0.2) is 36.7 Å². The summed E-state index contributed by atoms with van der Waals surface area (Å²) < 4.78 is 2.32. The number of hydrogen-bond donors (Lipinski definition) is 1. The summed E-state index contributed by atoms with van der Waals surface area (Å²) in [5.74, 6) is 3.22. The fourth-order valence-corrected chi connectivity index (χ4v) is 4.91. The van der Waals surface area contributed by atoms with E-state index in [-0.39, 0.29) is 11.9 Å². The Kier molecular flexibility index (Phi) is 4.32. The summed E-state index contributed by atoms with van der Waals surface area (Å²) in [4.78, 5) is 16.9. The molecule has 2 fully saturated rings. The van der Waals surface area contributed by atoms with Gasteiger partial charge in [0, 0.05) is 35.1 Å². The zero-order chi connectivity index (χ0) is 17.6. The van der Waals surface area contributed by atoms with Gasteiger partial charge < -0.3 is 9.88 Å². The molecule has 4 nitrogen and oxygen atoms in total. The normalized spacial score (nSPS) is 28.4. The second kappa shape index (κ2) is 6.49. The lowest BCUT2D eigenvalue weighted by atomic mass is 9.99. The van der Waals surface area contributed by atoms with Gasteiger partial charge in [-0.25, -0.2) is 4.98 Å². The van der Waals surface area contributed by atoms with Crippen LogP contribution in [0.2, 0.25) is 5.02 Å². The summed E-state index contributed by atoms with van der Waals surface area (Å²) in [5, 5.41) is 3.91. The Balaban J connectivity index is 1.37. The Morgan fingerprint density at radius 3 is 2.56 bits per heavy atom. The molecule has 1 N–H and O–H groups in total. The van der Waals surface area contributed by atoms with Crippen molar-refractivity contribution in [2.24, 2.45) is 17.8 Å². The highest BCUT2D eigenvalue weighted by molar-refractivity contribution is 6.30. The van der Waals surface area contributed by atoms with E-state index in [1.54, 1.807) is 24.3 Å². The van der Waals surface area contributed by atoms with Gasteiger partial charge in [0.2, 0.25) is 0 Å². The highest BCUT2D eigenvalue weighted by Crippen LogP contribution is 2.62. The number of rotatable bonds is 5. The highest BCUT2D eigenvalue weighted by atomic mass is 35.5. The summed E-state index contributed by atoms with van der Waals surface area (Å²) >= 11 is 5.90. The Morgan fingerprint density at radius 2 is 2.00 bits per heavy atom. The second-order valence-electron chi connectivity index (χ2n) is 7.41. The minimum Gasteiger partial charge on any atom is -0.349 e. The van der Waals surface area contributed by atoms with Gasteiger partial charge in [0.05, 0.1) is 0 Å². The van der Waals surface area contributed by atoms with E-state index in [9.17, 15) is 4.79 Å². The molecule has 5 heteroatoms. The zero-order valence-corrected chi connectivity index (χ0v) is 15.4. The number of imidazole rings is 1. The van der Waals surface area contributed by atoms with Gasteiger partial charge in [0.15, 0.2) is 0 Å². The Labute approximate surface area is 153 Å². The molecule has 1 aromatic carbocycles. The Bertz CT molecular complexity index is 758. The van der Waals surface area contributed by atoms with Gasteiger partial charge in [-0.15, -0.1) is 0 Å². The molecule has 0 bridgehead atoms. The summed E-state index contributed by atoms with van der Waals surface area (Å²) in [7, 11) is 0. The number of nitrogens with one attached hydrogen (secondary N) is 1. The van der Waals surface area contributed by atoms with Crippen LogP contribution in [0.25, 0.3) is 0 Å². The maximum Gasteiger partial charge on any atom is 0.251 e. The van der Waals surface area contributed by atoms with Crippen LogP contribution < -0.4 is 5.32 Å². The van der Waals surface area contributed by atoms with Gasteiger partial charge in [-0.3, -0.25) is 4.79 Å². The molecule has 1 aromatic heterocycles. The molecule has 2 saturated carbocycles. The number of hydrogen-bond acceptors (Lipinski definition) is 2. The fourth-order valence-electron chi connectivity index (χ4n) is 4.78. The molecular weight excluding hydrogens is 334 g/mol. The number of halogens is 1. The average molecular weight is 358 g/mol. The van der Waals surface area contributed by atoms with Crippen LogP contribution >= 0.6 is 11.6 Å². The molecule has 0 saturated heterocycles. The lowest BCUT2D eigenvalue weighted by Crippen LogP contribution is -2.37. The molecule has 1 amide bonds. The van der Waals surface area contributed by atoms with Crippen molar-refractivity contribution >= 4 is 17.5 Å². The maximum atomic E-state index is 12.5. The van der Waals surface area contributed by atoms with Crippen LogP contribution in [0.3, 0.4) is 0 Å². The quantitative estimate of drug-likeness (QED) is 0.869. The van der Waals surface area contributed by atoms with Crippen molar-refractivity contribution in [2.45, 2.75) is 45.2 Å². The second-order valence-corrected chi connectivity index (χ2v) is 7.84. The maximum absolute atomic E-state index is 12.5. The van der Waals surface area contributed by atoms with Crippen LogP contribution in [0.5, 0.6) is 0 Å². The molecule has 3 unspecified atom stereocenters. The molecule has 132 valence electrons. The van der Waals surface area contributed by atoms with E-state index in [0.717, 1.165) is 24.1 Å². The van der Waals surface area contributed by atoms with Gasteiger partial charge in [0.1, 0.15) is 5.82 Å². The third kappa shape index (κ3) is 3.08. The number of nitrogens with zero attached hydrogens (tertiary/aromatic N) is 2. The third-order valence-corrected chi connectivity index (χ3v) is 6.32. The lowest BCUT2D eigenvalue weighted by molar-refractivity contribution is 0.0927. The first-order valence-corrected chi connectivity index (χ1v) is 9.52. The smallest absolute Gasteiger partial charge is 0.251 e. The van der Waals surface area contributed by atoms with Crippen molar-refractivity contribution in [3.63, 3.8) is 0 Å². The summed E-state index contributed by atoms with van der Waals surface area (Å²) in [5.41, 5.74) is 0.681. The van der Waals surface area contributed by atoms with E-state index < -0.39 is 0 Å². The van der Waals surface area contributed by atoms with Crippen molar-refractivity contribution in [3.05, 3.63) is 53.1 Å². The van der Waals surface area contributed by atoms with Gasteiger partial charge in [-0.2, -0.15) is 0 Å². The van der Waals surface area contributed by atoms with Crippen molar-refractivity contribution in [1.82, 2.24) is 14.9 Å². The van der Waals surface area contributed by atoms with Crippen LogP contribution in [-0.4, -0.2) is 21.5 Å². The predicted molar refractivity (Wildman–Crippen MR) is 98.7 cm³/mol. The average Bonchev–Trinajstić information content (AvgIpc) is 2.95. The Hall–Kier alpha value is -1.81. The van der Waals surface area contributed by atoms with Crippen molar-refractivity contribution < 1.29 is 4.79 Å². The summed E-state index contributed by atoms with van der Waals surface area (Å²) in [6.45, 7) is 4.24. The van der Waals surface area contributed by atoms with Gasteiger partial charge in [-0.1, -0.05) is 18.5 Å². The summed E-state index contributed by atoms with van der Waals surface area (Å²) in [6.07, 6.45) is 7.38. The molecule has 4 rings (SSSR count).